The van der Waals surface area contributed by atoms with E-state index in [-0.39, 0.29) is 0 Å². The van der Waals surface area contributed by atoms with Crippen LogP contribution < -0.4 is 0 Å². The minimum atomic E-state index is -0.566. The lowest BCUT2D eigenvalue weighted by Crippen LogP contribution is -2.28. The first-order valence-corrected chi connectivity index (χ1v) is 29.4. The summed E-state index contributed by atoms with van der Waals surface area (Å²) in [5.41, 5.74) is 23.8. The molecule has 0 heteroatoms. The normalized spacial score (nSPS) is 13.4. The molecule has 0 aliphatic heterocycles. The van der Waals surface area contributed by atoms with Crippen molar-refractivity contribution in [1.29, 1.82) is 0 Å². The van der Waals surface area contributed by atoms with Crippen molar-refractivity contribution >= 4 is 43.1 Å². The van der Waals surface area contributed by atoms with Gasteiger partial charge in [-0.2, -0.15) is 0 Å². The van der Waals surface area contributed by atoms with Gasteiger partial charge in [-0.05, 0) is 191 Å². The number of benzene rings is 15. The van der Waals surface area contributed by atoms with E-state index in [1.807, 2.05) is 0 Å². The number of fused-ring (bicyclic) bond motifs is 11. The zero-order valence-corrected chi connectivity index (χ0v) is 46.2. The number of hydrogen-bond donors (Lipinski definition) is 0. The molecule has 84 heavy (non-hydrogen) atoms. The standard InChI is InChI=1S/C84H54/c1-7-25-55(26-8-1)57-43-44-58-50-71(56-27-9-2-10-28-56)73-53-75-76(54-74(73)72(58)49-57)82(60-46-48-68-66-38-22-24-42-78(66)84(80(68)52-60,63-33-15-5-16-34-63)64-35-17-6-18-36-64)70-40-20-19-39-69(70)81(75)59-45-47-67-65-37-21-23-41-77(65)83(79(67)51-59,61-29-11-3-12-30-61)62-31-13-4-14-32-62/h1-54H. The van der Waals surface area contributed by atoms with Gasteiger partial charge in [-0.3, -0.25) is 0 Å². The Morgan fingerprint density at radius 1 is 0.167 bits per heavy atom. The first kappa shape index (κ1) is 48.1. The zero-order chi connectivity index (χ0) is 55.3. The van der Waals surface area contributed by atoms with Crippen LogP contribution in [0.1, 0.15) is 44.5 Å². The molecule has 390 valence electrons. The molecule has 0 atom stereocenters. The molecule has 0 heterocycles. The van der Waals surface area contributed by atoms with Crippen molar-refractivity contribution in [1.82, 2.24) is 0 Å². The Morgan fingerprint density at radius 3 is 1.00 bits per heavy atom. The van der Waals surface area contributed by atoms with E-state index in [0.29, 0.717) is 0 Å². The van der Waals surface area contributed by atoms with Crippen molar-refractivity contribution in [3.63, 3.8) is 0 Å². The highest BCUT2D eigenvalue weighted by atomic mass is 14.5. The first-order valence-electron chi connectivity index (χ1n) is 29.4. The van der Waals surface area contributed by atoms with E-state index in [9.17, 15) is 0 Å². The molecule has 0 aromatic heterocycles. The van der Waals surface area contributed by atoms with Gasteiger partial charge in [0.25, 0.3) is 0 Å². The van der Waals surface area contributed by atoms with Gasteiger partial charge in [0.2, 0.25) is 0 Å². The van der Waals surface area contributed by atoms with Crippen LogP contribution in [-0.4, -0.2) is 0 Å². The van der Waals surface area contributed by atoms with Crippen LogP contribution in [0.4, 0.5) is 0 Å². The molecular weight excluding hydrogens is 1010 g/mol. The molecule has 15 aromatic rings. The van der Waals surface area contributed by atoms with Crippen molar-refractivity contribution in [3.8, 4) is 66.8 Å². The summed E-state index contributed by atoms with van der Waals surface area (Å²) in [4.78, 5) is 0. The second-order valence-electron chi connectivity index (χ2n) is 22.9. The van der Waals surface area contributed by atoms with E-state index in [1.54, 1.807) is 0 Å². The van der Waals surface area contributed by atoms with Crippen molar-refractivity contribution in [2.45, 2.75) is 10.8 Å². The molecule has 0 amide bonds. The molecule has 2 aliphatic rings. The largest absolute Gasteiger partial charge is 0.0713 e. The van der Waals surface area contributed by atoms with Gasteiger partial charge in [0.1, 0.15) is 0 Å². The summed E-state index contributed by atoms with van der Waals surface area (Å²) in [5, 5.41) is 9.77. The lowest BCUT2D eigenvalue weighted by atomic mass is 9.67. The SMILES string of the molecule is c1ccc(-c2ccc3cc(-c4ccccc4)c4cc5c(-c6ccc7c(c6)C(c6ccccc6)(c6ccccc6)c6ccccc6-7)c6ccccc6c(-c6ccc7c(c6)C(c6ccccc6)(c6ccccc6)c6ccccc6-7)c5cc4c3c2)cc1. The van der Waals surface area contributed by atoms with E-state index in [4.69, 9.17) is 0 Å². The van der Waals surface area contributed by atoms with Gasteiger partial charge in [0, 0.05) is 0 Å². The average molecular weight is 1060 g/mol. The summed E-state index contributed by atoms with van der Waals surface area (Å²) in [6.07, 6.45) is 0. The van der Waals surface area contributed by atoms with Gasteiger partial charge in [-0.1, -0.05) is 291 Å². The zero-order valence-electron chi connectivity index (χ0n) is 46.2. The molecule has 0 saturated heterocycles. The fourth-order valence-electron chi connectivity index (χ4n) is 15.3. The van der Waals surface area contributed by atoms with Crippen LogP contribution in [0.3, 0.4) is 0 Å². The fourth-order valence-corrected chi connectivity index (χ4v) is 15.3. The molecule has 0 nitrogen and oxygen atoms in total. The Balaban J connectivity index is 1.02. The minimum Gasteiger partial charge on any atom is -0.0622 e. The van der Waals surface area contributed by atoms with Crippen LogP contribution in [0.2, 0.25) is 0 Å². The fraction of sp³-hybridized carbons (Fsp3) is 0.0238. The topological polar surface area (TPSA) is 0 Å². The van der Waals surface area contributed by atoms with Gasteiger partial charge in [-0.25, -0.2) is 0 Å². The Kier molecular flexibility index (Phi) is 10.9. The van der Waals surface area contributed by atoms with Crippen LogP contribution in [0.15, 0.2) is 328 Å². The van der Waals surface area contributed by atoms with E-state index in [2.05, 4.69) is 328 Å². The Hall–Kier alpha value is -10.7. The second-order valence-corrected chi connectivity index (χ2v) is 22.9. The van der Waals surface area contributed by atoms with E-state index in [0.717, 1.165) is 0 Å². The Bertz CT molecular complexity index is 5000. The van der Waals surface area contributed by atoms with Crippen molar-refractivity contribution in [2.24, 2.45) is 0 Å². The maximum atomic E-state index is 2.57. The summed E-state index contributed by atoms with van der Waals surface area (Å²) in [7, 11) is 0. The molecule has 0 saturated carbocycles. The molecule has 0 spiro atoms. The molecule has 0 bridgehead atoms. The molecular formula is C84H54. The molecule has 0 fully saturated rings. The molecule has 2 aliphatic carbocycles. The van der Waals surface area contributed by atoms with E-state index in [1.165, 1.54) is 154 Å². The summed E-state index contributed by atoms with van der Waals surface area (Å²) >= 11 is 0. The van der Waals surface area contributed by atoms with Crippen molar-refractivity contribution < 1.29 is 0 Å². The average Bonchev–Trinajstić information content (AvgIpc) is 1.54. The monoisotopic (exact) mass is 1060 g/mol. The highest BCUT2D eigenvalue weighted by molar-refractivity contribution is 6.27. The van der Waals surface area contributed by atoms with Crippen LogP contribution in [0.25, 0.3) is 110 Å². The molecule has 17 rings (SSSR count). The van der Waals surface area contributed by atoms with Crippen LogP contribution in [-0.2, 0) is 10.8 Å². The van der Waals surface area contributed by atoms with Crippen molar-refractivity contribution in [2.75, 3.05) is 0 Å². The summed E-state index contributed by atoms with van der Waals surface area (Å²) in [6, 6.07) is 124. The predicted octanol–water partition coefficient (Wildman–Crippen LogP) is 21.7. The highest BCUT2D eigenvalue weighted by Crippen LogP contribution is 2.60. The van der Waals surface area contributed by atoms with Crippen LogP contribution in [0.5, 0.6) is 0 Å². The van der Waals surface area contributed by atoms with E-state index < -0.39 is 10.8 Å². The second kappa shape index (κ2) is 19.0. The third-order valence-corrected chi connectivity index (χ3v) is 18.8. The van der Waals surface area contributed by atoms with Crippen molar-refractivity contribution in [3.05, 3.63) is 372 Å². The van der Waals surface area contributed by atoms with Crippen LogP contribution >= 0.6 is 0 Å². The number of hydrogen-bond acceptors (Lipinski definition) is 0. The van der Waals surface area contributed by atoms with Gasteiger partial charge in [0.05, 0.1) is 10.8 Å². The summed E-state index contributed by atoms with van der Waals surface area (Å²) in [5.74, 6) is 0. The maximum absolute atomic E-state index is 2.57. The quantitative estimate of drug-likeness (QED) is 0.105. The third kappa shape index (κ3) is 6.95. The third-order valence-electron chi connectivity index (χ3n) is 18.8. The van der Waals surface area contributed by atoms with Gasteiger partial charge >= 0.3 is 0 Å². The van der Waals surface area contributed by atoms with Gasteiger partial charge in [0.15, 0.2) is 0 Å². The first-order chi connectivity index (χ1) is 41.7. The number of rotatable bonds is 8. The van der Waals surface area contributed by atoms with Crippen LogP contribution in [0, 0.1) is 0 Å². The summed E-state index contributed by atoms with van der Waals surface area (Å²) < 4.78 is 0. The summed E-state index contributed by atoms with van der Waals surface area (Å²) in [6.45, 7) is 0. The Morgan fingerprint density at radius 2 is 0.536 bits per heavy atom. The van der Waals surface area contributed by atoms with Gasteiger partial charge in [-0.15, -0.1) is 0 Å². The minimum absolute atomic E-state index is 0.565. The molecule has 15 aromatic carbocycles. The smallest absolute Gasteiger partial charge is 0.0622 e. The molecule has 0 unspecified atom stereocenters. The lowest BCUT2D eigenvalue weighted by Gasteiger charge is -2.34. The maximum Gasteiger partial charge on any atom is 0.0713 e. The molecule has 0 radical (unpaired) electrons. The predicted molar refractivity (Wildman–Crippen MR) is 353 cm³/mol. The Labute approximate surface area is 489 Å². The highest BCUT2D eigenvalue weighted by Gasteiger charge is 2.48. The lowest BCUT2D eigenvalue weighted by molar-refractivity contribution is 0.769. The van der Waals surface area contributed by atoms with Gasteiger partial charge < -0.3 is 0 Å². The van der Waals surface area contributed by atoms with E-state index >= 15 is 0 Å². The molecule has 0 N–H and O–H groups in total.